The Morgan fingerprint density at radius 2 is 1.79 bits per heavy atom. The van der Waals surface area contributed by atoms with Gasteiger partial charge in [0.1, 0.15) is 11.9 Å². The predicted octanol–water partition coefficient (Wildman–Crippen LogP) is 1.97. The summed E-state index contributed by atoms with van der Waals surface area (Å²) >= 11 is 0. The van der Waals surface area contributed by atoms with E-state index in [4.69, 9.17) is 14.0 Å². The Hall–Kier alpha value is 0.241. The molecule has 0 aliphatic carbocycles. The Bertz CT molecular complexity index is 590. The van der Waals surface area contributed by atoms with Crippen LogP contribution in [0.2, 0.25) is 0 Å². The second-order valence-electron chi connectivity index (χ2n) is 7.06. The van der Waals surface area contributed by atoms with Gasteiger partial charge in [0.05, 0.1) is 11.2 Å². The molecule has 0 amide bonds. The monoisotopic (exact) mass is 362 g/mol. The molecular weight excluding hydrogens is 337 g/mol. The molecule has 7 heteroatoms. The third kappa shape index (κ3) is 5.13. The van der Waals surface area contributed by atoms with Crippen molar-refractivity contribution in [3.05, 3.63) is 29.6 Å². The molecule has 0 spiro atoms. The molecule has 1 unspecified atom stereocenters. The molecule has 1 fully saturated rings. The minimum atomic E-state index is -0.588. The average molecular weight is 362 g/mol. The van der Waals surface area contributed by atoms with Crippen molar-refractivity contribution in [1.29, 1.82) is 0 Å². The molecule has 1 aliphatic heterocycles. The van der Waals surface area contributed by atoms with Crippen LogP contribution in [0.1, 0.15) is 47.1 Å². The summed E-state index contributed by atoms with van der Waals surface area (Å²) in [6, 6.07) is 4.91. The minimum absolute atomic E-state index is 0. The Morgan fingerprint density at radius 3 is 2.25 bits per heavy atom. The van der Waals surface area contributed by atoms with E-state index in [1.807, 2.05) is 27.7 Å². The second-order valence-corrected chi connectivity index (χ2v) is 7.06. The maximum absolute atomic E-state index is 14.3. The molecule has 1 aliphatic rings. The third-order valence-corrected chi connectivity index (χ3v) is 4.48. The molecule has 24 heavy (non-hydrogen) atoms. The first-order valence-electron chi connectivity index (χ1n) is 7.83. The summed E-state index contributed by atoms with van der Waals surface area (Å²) in [7, 11) is -0.588. The van der Waals surface area contributed by atoms with E-state index in [9.17, 15) is 9.18 Å². The van der Waals surface area contributed by atoms with Crippen molar-refractivity contribution in [3.8, 4) is 0 Å². The molecule has 0 bridgehead atoms. The van der Waals surface area contributed by atoms with Gasteiger partial charge in [0.2, 0.25) is 0 Å². The van der Waals surface area contributed by atoms with Crippen LogP contribution < -0.4 is 5.46 Å². The van der Waals surface area contributed by atoms with Crippen molar-refractivity contribution in [1.82, 2.24) is 0 Å². The number of hydrogen-bond acceptors (Lipinski definition) is 4. The van der Waals surface area contributed by atoms with Gasteiger partial charge in [-0.15, -0.1) is 0 Å². The third-order valence-electron chi connectivity index (χ3n) is 4.48. The summed E-state index contributed by atoms with van der Waals surface area (Å²) in [5.41, 5.74) is 0.219. The van der Waals surface area contributed by atoms with Gasteiger partial charge in [0, 0.05) is 13.3 Å². The first kappa shape index (κ1) is 22.3. The second kappa shape index (κ2) is 8.29. The van der Waals surface area contributed by atoms with Crippen molar-refractivity contribution in [2.24, 2.45) is 0 Å². The first-order valence-corrected chi connectivity index (χ1v) is 7.83. The van der Waals surface area contributed by atoms with E-state index in [1.165, 1.54) is 13.0 Å². The quantitative estimate of drug-likeness (QED) is 0.607. The maximum atomic E-state index is 14.3. The Labute approximate surface area is 186 Å². The summed E-state index contributed by atoms with van der Waals surface area (Å²) < 4.78 is 31.2. The summed E-state index contributed by atoms with van der Waals surface area (Å²) in [5, 5.41) is 0. The van der Waals surface area contributed by atoms with E-state index in [0.29, 0.717) is 17.4 Å². The van der Waals surface area contributed by atoms with Gasteiger partial charge in [0.15, 0.2) is 0 Å². The molecule has 0 radical (unpaired) electrons. The zero-order valence-corrected chi connectivity index (χ0v) is 14.6. The number of ether oxygens (including phenoxy) is 1. The zero-order chi connectivity index (χ0) is 17.4. The summed E-state index contributed by atoms with van der Waals surface area (Å²) in [4.78, 5) is 10.9. The van der Waals surface area contributed by atoms with E-state index >= 15 is 0 Å². The van der Waals surface area contributed by atoms with Crippen LogP contribution in [0.4, 0.5) is 4.39 Å². The number of carbonyl (C=O) groups excluding carboxylic acids is 1. The van der Waals surface area contributed by atoms with Crippen molar-refractivity contribution in [2.45, 2.75) is 65.3 Å². The van der Waals surface area contributed by atoms with Crippen LogP contribution in [0.15, 0.2) is 18.2 Å². The van der Waals surface area contributed by atoms with Gasteiger partial charge >= 0.3 is 64.5 Å². The molecule has 0 aromatic heterocycles. The van der Waals surface area contributed by atoms with Gasteiger partial charge in [-0.05, 0) is 51.7 Å². The number of hydrogen-bond donors (Lipinski definition) is 0. The van der Waals surface area contributed by atoms with E-state index < -0.39 is 18.3 Å². The fraction of sp³-hybridized carbons (Fsp3) is 0.588. The molecular formula is C17H25BFKO4. The number of halogens is 1. The van der Waals surface area contributed by atoms with Crippen LogP contribution in [0.3, 0.4) is 0 Å². The van der Waals surface area contributed by atoms with Gasteiger partial charge in [-0.3, -0.25) is 4.79 Å². The number of rotatable bonds is 4. The summed E-state index contributed by atoms with van der Waals surface area (Å²) in [5.74, 6) is -0.719. The molecule has 1 aromatic rings. The van der Waals surface area contributed by atoms with Gasteiger partial charge in [-0.25, -0.2) is 4.39 Å². The standard InChI is InChI=1S/C17H24BFO4.K.H/c1-11(21-12(2)20)9-13-7-8-14(10-15(13)19)18-22-16(3,4)17(5,6)23-18;;/h7-8,10-11H,9H2,1-6H3;;. The van der Waals surface area contributed by atoms with E-state index in [1.54, 1.807) is 19.1 Å². The SMILES string of the molecule is CC(=O)OC(C)Cc1ccc(B2OC(C)(C)C(C)(C)O2)cc1F.[KH]. The fourth-order valence-electron chi connectivity index (χ4n) is 2.49. The van der Waals surface area contributed by atoms with Crippen molar-refractivity contribution >= 4 is 69.9 Å². The number of benzene rings is 1. The molecule has 1 heterocycles. The Balaban J connectivity index is 0.00000288. The van der Waals surface area contributed by atoms with Gasteiger partial charge in [-0.1, -0.05) is 12.1 Å². The molecule has 1 aromatic carbocycles. The van der Waals surface area contributed by atoms with Crippen LogP contribution in [0, 0.1) is 5.82 Å². The molecule has 2 rings (SSSR count). The first-order chi connectivity index (χ1) is 10.5. The van der Waals surface area contributed by atoms with Gasteiger partial charge in [0.25, 0.3) is 0 Å². The molecule has 1 atom stereocenters. The van der Waals surface area contributed by atoms with Crippen molar-refractivity contribution < 1.29 is 23.2 Å². The Kier molecular flexibility index (Phi) is 7.70. The van der Waals surface area contributed by atoms with Crippen LogP contribution in [0.5, 0.6) is 0 Å². The molecule has 0 saturated carbocycles. The summed E-state index contributed by atoms with van der Waals surface area (Å²) in [6.45, 7) is 10.9. The zero-order valence-electron chi connectivity index (χ0n) is 14.6. The number of carbonyl (C=O) groups is 1. The summed E-state index contributed by atoms with van der Waals surface area (Å²) in [6.07, 6.45) is -0.0422. The van der Waals surface area contributed by atoms with Crippen molar-refractivity contribution in [2.75, 3.05) is 0 Å². The predicted molar refractivity (Wildman–Crippen MR) is 94.2 cm³/mol. The van der Waals surface area contributed by atoms with Crippen LogP contribution in [0.25, 0.3) is 0 Å². The van der Waals surface area contributed by atoms with Gasteiger partial charge < -0.3 is 14.0 Å². The molecule has 128 valence electrons. The topological polar surface area (TPSA) is 44.8 Å². The van der Waals surface area contributed by atoms with Crippen molar-refractivity contribution in [3.63, 3.8) is 0 Å². The number of esters is 1. The molecule has 0 N–H and O–H groups in total. The van der Waals surface area contributed by atoms with Crippen LogP contribution in [-0.4, -0.2) is 81.8 Å². The average Bonchev–Trinajstić information content (AvgIpc) is 2.60. The van der Waals surface area contributed by atoms with E-state index in [2.05, 4.69) is 0 Å². The van der Waals surface area contributed by atoms with E-state index in [0.717, 1.165) is 0 Å². The fourth-order valence-corrected chi connectivity index (χ4v) is 2.49. The molecule has 1 saturated heterocycles. The normalized spacial score (nSPS) is 19.5. The van der Waals surface area contributed by atoms with E-state index in [-0.39, 0.29) is 69.3 Å². The van der Waals surface area contributed by atoms with Crippen LogP contribution in [-0.2, 0) is 25.3 Å². The molecule has 4 nitrogen and oxygen atoms in total. The van der Waals surface area contributed by atoms with Crippen LogP contribution >= 0.6 is 0 Å². The van der Waals surface area contributed by atoms with Gasteiger partial charge in [-0.2, -0.15) is 0 Å². The Morgan fingerprint density at radius 1 is 1.25 bits per heavy atom.